The standard InChI is InChI=1S/C13H19NO4/c1-16-9-7-13(15)14-8-10-18-12-5-3-11(17-2)4-6-12/h3-6H,7-10H2,1-2H3,(H,14,15). The first-order valence-corrected chi connectivity index (χ1v) is 5.78. The Morgan fingerprint density at radius 1 is 1.11 bits per heavy atom. The van der Waals surface area contributed by atoms with Gasteiger partial charge in [0.25, 0.3) is 0 Å². The third kappa shape index (κ3) is 5.54. The summed E-state index contributed by atoms with van der Waals surface area (Å²) < 4.78 is 15.3. The molecule has 0 saturated heterocycles. The fourth-order valence-corrected chi connectivity index (χ4v) is 1.31. The molecule has 0 aliphatic heterocycles. The van der Waals surface area contributed by atoms with E-state index in [-0.39, 0.29) is 5.91 Å². The minimum absolute atomic E-state index is 0.0322. The number of carbonyl (C=O) groups excluding carboxylic acids is 1. The van der Waals surface area contributed by atoms with Gasteiger partial charge in [-0.1, -0.05) is 0 Å². The van der Waals surface area contributed by atoms with Gasteiger partial charge in [-0.15, -0.1) is 0 Å². The highest BCUT2D eigenvalue weighted by atomic mass is 16.5. The number of amides is 1. The highest BCUT2D eigenvalue weighted by molar-refractivity contribution is 5.75. The van der Waals surface area contributed by atoms with Crippen molar-refractivity contribution in [2.45, 2.75) is 6.42 Å². The lowest BCUT2D eigenvalue weighted by Crippen LogP contribution is -2.28. The minimum Gasteiger partial charge on any atom is -0.497 e. The number of benzene rings is 1. The van der Waals surface area contributed by atoms with Crippen LogP contribution in [0.2, 0.25) is 0 Å². The van der Waals surface area contributed by atoms with Gasteiger partial charge in [-0.25, -0.2) is 0 Å². The normalized spacial score (nSPS) is 9.89. The summed E-state index contributed by atoms with van der Waals surface area (Å²) in [5.74, 6) is 1.51. The zero-order chi connectivity index (χ0) is 13.2. The number of ether oxygens (including phenoxy) is 3. The summed E-state index contributed by atoms with van der Waals surface area (Å²) in [7, 11) is 3.19. The maximum atomic E-state index is 11.2. The molecule has 0 aliphatic carbocycles. The van der Waals surface area contributed by atoms with E-state index in [1.165, 1.54) is 0 Å². The fourth-order valence-electron chi connectivity index (χ4n) is 1.31. The molecule has 1 N–H and O–H groups in total. The van der Waals surface area contributed by atoms with Crippen molar-refractivity contribution in [1.29, 1.82) is 0 Å². The van der Waals surface area contributed by atoms with Crippen LogP contribution in [0.1, 0.15) is 6.42 Å². The molecule has 5 nitrogen and oxygen atoms in total. The van der Waals surface area contributed by atoms with Crippen LogP contribution in [-0.4, -0.2) is 39.9 Å². The van der Waals surface area contributed by atoms with Gasteiger partial charge in [-0.05, 0) is 24.3 Å². The molecule has 5 heteroatoms. The van der Waals surface area contributed by atoms with Crippen molar-refractivity contribution in [2.24, 2.45) is 0 Å². The van der Waals surface area contributed by atoms with Crippen LogP contribution in [0, 0.1) is 0 Å². The summed E-state index contributed by atoms with van der Waals surface area (Å²) in [6.45, 7) is 1.35. The van der Waals surface area contributed by atoms with Crippen molar-refractivity contribution >= 4 is 5.91 Å². The van der Waals surface area contributed by atoms with Gasteiger partial charge in [0.15, 0.2) is 0 Å². The smallest absolute Gasteiger partial charge is 0.222 e. The Labute approximate surface area is 107 Å². The Morgan fingerprint density at radius 2 is 1.78 bits per heavy atom. The summed E-state index contributed by atoms with van der Waals surface area (Å²) in [6.07, 6.45) is 0.374. The molecule has 0 radical (unpaired) electrons. The third-order valence-corrected chi connectivity index (χ3v) is 2.29. The van der Waals surface area contributed by atoms with Gasteiger partial charge >= 0.3 is 0 Å². The van der Waals surface area contributed by atoms with Crippen LogP contribution in [0.15, 0.2) is 24.3 Å². The molecule has 18 heavy (non-hydrogen) atoms. The maximum Gasteiger partial charge on any atom is 0.222 e. The minimum atomic E-state index is -0.0322. The van der Waals surface area contributed by atoms with E-state index in [2.05, 4.69) is 5.32 Å². The van der Waals surface area contributed by atoms with E-state index in [1.54, 1.807) is 14.2 Å². The van der Waals surface area contributed by atoms with Crippen LogP contribution in [0.4, 0.5) is 0 Å². The number of hydrogen-bond acceptors (Lipinski definition) is 4. The van der Waals surface area contributed by atoms with Gasteiger partial charge in [0.05, 0.1) is 20.3 Å². The third-order valence-electron chi connectivity index (χ3n) is 2.29. The van der Waals surface area contributed by atoms with Gasteiger partial charge in [0, 0.05) is 13.5 Å². The molecule has 0 saturated carbocycles. The van der Waals surface area contributed by atoms with Crippen LogP contribution < -0.4 is 14.8 Å². The van der Waals surface area contributed by atoms with Gasteiger partial charge in [0.2, 0.25) is 5.91 Å². The van der Waals surface area contributed by atoms with Crippen molar-refractivity contribution in [3.05, 3.63) is 24.3 Å². The molecule has 0 heterocycles. The number of methoxy groups -OCH3 is 2. The molecule has 0 spiro atoms. The van der Waals surface area contributed by atoms with Gasteiger partial charge < -0.3 is 19.5 Å². The Morgan fingerprint density at radius 3 is 2.39 bits per heavy atom. The molecule has 1 aromatic carbocycles. The van der Waals surface area contributed by atoms with Crippen LogP contribution >= 0.6 is 0 Å². The van der Waals surface area contributed by atoms with Crippen molar-refractivity contribution in [1.82, 2.24) is 5.32 Å². The average Bonchev–Trinajstić information content (AvgIpc) is 2.42. The summed E-state index contributed by atoms with van der Waals surface area (Å²) in [5.41, 5.74) is 0. The Hall–Kier alpha value is -1.75. The van der Waals surface area contributed by atoms with Gasteiger partial charge in [-0.2, -0.15) is 0 Å². The molecule has 100 valence electrons. The Bertz CT molecular complexity index is 351. The van der Waals surface area contributed by atoms with E-state index in [1.807, 2.05) is 24.3 Å². The summed E-state index contributed by atoms with van der Waals surface area (Å²) in [6, 6.07) is 7.30. The lowest BCUT2D eigenvalue weighted by Gasteiger charge is -2.08. The van der Waals surface area contributed by atoms with E-state index in [9.17, 15) is 4.79 Å². The lowest BCUT2D eigenvalue weighted by molar-refractivity contribution is -0.122. The van der Waals surface area contributed by atoms with Crippen LogP contribution in [0.3, 0.4) is 0 Å². The molecular formula is C13H19NO4. The van der Waals surface area contributed by atoms with Crippen LogP contribution in [0.25, 0.3) is 0 Å². The summed E-state index contributed by atoms with van der Waals surface area (Å²) in [5, 5.41) is 2.74. The molecule has 1 aromatic rings. The summed E-state index contributed by atoms with van der Waals surface area (Å²) >= 11 is 0. The predicted molar refractivity (Wildman–Crippen MR) is 68.0 cm³/mol. The zero-order valence-corrected chi connectivity index (χ0v) is 10.8. The average molecular weight is 253 g/mol. The molecule has 0 aromatic heterocycles. The van der Waals surface area contributed by atoms with Crippen molar-refractivity contribution in [2.75, 3.05) is 34.0 Å². The number of rotatable bonds is 8. The Balaban J connectivity index is 2.15. The van der Waals surface area contributed by atoms with E-state index in [0.717, 1.165) is 11.5 Å². The van der Waals surface area contributed by atoms with Crippen molar-refractivity contribution in [3.8, 4) is 11.5 Å². The van der Waals surface area contributed by atoms with Crippen molar-refractivity contribution in [3.63, 3.8) is 0 Å². The lowest BCUT2D eigenvalue weighted by atomic mass is 10.3. The Kier molecular flexibility index (Phi) is 6.64. The van der Waals surface area contributed by atoms with E-state index < -0.39 is 0 Å². The quantitative estimate of drug-likeness (QED) is 0.708. The second kappa shape index (κ2) is 8.36. The van der Waals surface area contributed by atoms with Gasteiger partial charge in [0.1, 0.15) is 18.1 Å². The largest absolute Gasteiger partial charge is 0.497 e. The first-order chi connectivity index (χ1) is 8.76. The van der Waals surface area contributed by atoms with Crippen LogP contribution in [-0.2, 0) is 9.53 Å². The second-order valence-corrected chi connectivity index (χ2v) is 3.62. The molecular weight excluding hydrogens is 234 g/mol. The SMILES string of the molecule is COCCC(=O)NCCOc1ccc(OC)cc1. The molecule has 0 unspecified atom stereocenters. The second-order valence-electron chi connectivity index (χ2n) is 3.62. The number of nitrogens with one attached hydrogen (secondary N) is 1. The molecule has 0 aliphatic rings. The molecule has 1 amide bonds. The topological polar surface area (TPSA) is 56.8 Å². The highest BCUT2D eigenvalue weighted by Gasteiger charge is 2.00. The van der Waals surface area contributed by atoms with Gasteiger partial charge in [-0.3, -0.25) is 4.79 Å². The van der Waals surface area contributed by atoms with E-state index in [4.69, 9.17) is 14.2 Å². The monoisotopic (exact) mass is 253 g/mol. The maximum absolute atomic E-state index is 11.2. The zero-order valence-electron chi connectivity index (χ0n) is 10.8. The molecule has 0 atom stereocenters. The van der Waals surface area contributed by atoms with Crippen LogP contribution in [0.5, 0.6) is 11.5 Å². The summed E-state index contributed by atoms with van der Waals surface area (Å²) in [4.78, 5) is 11.2. The molecule has 0 fully saturated rings. The first kappa shape index (κ1) is 14.3. The van der Waals surface area contributed by atoms with E-state index in [0.29, 0.717) is 26.2 Å². The highest BCUT2D eigenvalue weighted by Crippen LogP contribution is 2.16. The molecule has 1 rings (SSSR count). The first-order valence-electron chi connectivity index (χ1n) is 5.78. The molecule has 0 bridgehead atoms. The fraction of sp³-hybridized carbons (Fsp3) is 0.462. The van der Waals surface area contributed by atoms with E-state index >= 15 is 0 Å². The number of hydrogen-bond donors (Lipinski definition) is 1. The number of carbonyl (C=O) groups is 1. The predicted octanol–water partition coefficient (Wildman–Crippen LogP) is 1.23. The van der Waals surface area contributed by atoms with Crippen molar-refractivity contribution < 1.29 is 19.0 Å².